The van der Waals surface area contributed by atoms with Gasteiger partial charge in [-0.25, -0.2) is 4.79 Å². The van der Waals surface area contributed by atoms with Gasteiger partial charge in [0.2, 0.25) is 0 Å². The van der Waals surface area contributed by atoms with Crippen LogP contribution in [-0.2, 0) is 11.2 Å². The highest BCUT2D eigenvalue weighted by Crippen LogP contribution is 2.27. The van der Waals surface area contributed by atoms with Gasteiger partial charge in [-0.15, -0.1) is 11.3 Å². The summed E-state index contributed by atoms with van der Waals surface area (Å²) in [6, 6.07) is 3.89. The summed E-state index contributed by atoms with van der Waals surface area (Å²) in [5.41, 5.74) is 0.666. The Hall–Kier alpha value is -2.90. The van der Waals surface area contributed by atoms with Gasteiger partial charge in [0, 0.05) is 26.1 Å². The molecule has 1 N–H and O–H groups in total. The minimum absolute atomic E-state index is 0.0789. The van der Waals surface area contributed by atoms with E-state index in [1.165, 1.54) is 24.3 Å². The summed E-state index contributed by atoms with van der Waals surface area (Å²) in [5, 5.41) is 10.8. The van der Waals surface area contributed by atoms with Crippen LogP contribution in [0.2, 0.25) is 0 Å². The fourth-order valence-electron chi connectivity index (χ4n) is 1.65. The largest absolute Gasteiger partial charge is 0.490 e. The molecule has 0 radical (unpaired) electrons. The first-order valence-electron chi connectivity index (χ1n) is 7.39. The lowest BCUT2D eigenvalue weighted by molar-refractivity contribution is -0.192. The summed E-state index contributed by atoms with van der Waals surface area (Å²) >= 11 is 0.533. The molecule has 0 aliphatic heterocycles. The molecule has 29 heavy (non-hydrogen) atoms. The van der Waals surface area contributed by atoms with E-state index in [2.05, 4.69) is 9.68 Å². The Morgan fingerprint density at radius 3 is 2.07 bits per heavy atom. The monoisotopic (exact) mass is 446 g/mol. The van der Waals surface area contributed by atoms with Crippen molar-refractivity contribution in [2.45, 2.75) is 18.8 Å². The maximum absolute atomic E-state index is 12.3. The number of nitrogens with zero attached hydrogens (tertiary/aromatic N) is 2. The van der Waals surface area contributed by atoms with E-state index in [1.54, 1.807) is 6.07 Å². The van der Waals surface area contributed by atoms with Crippen molar-refractivity contribution in [2.75, 3.05) is 13.6 Å². The van der Waals surface area contributed by atoms with Crippen molar-refractivity contribution >= 4 is 29.0 Å². The van der Waals surface area contributed by atoms with Gasteiger partial charge in [-0.3, -0.25) is 9.59 Å². The standard InChI is InChI=1S/C13H11F3N2O3S.C2HF3O2/c1-18(6-4-8-5-7-21-17-8)12(20)10-3-2-9(22-10)11(19)13(14,15)16;3-2(4,5)1(6)7/h2-3,5,7H,4,6H2,1H3;(H,6,7). The molecule has 2 aromatic rings. The third-order valence-corrected chi connectivity index (χ3v) is 4.15. The summed E-state index contributed by atoms with van der Waals surface area (Å²) in [5.74, 6) is -5.15. The number of Topliss-reactive ketones (excluding diaryl/α,β-unsaturated/α-hetero) is 1. The number of aliphatic carboxylic acids is 1. The van der Waals surface area contributed by atoms with E-state index >= 15 is 0 Å². The average molecular weight is 446 g/mol. The Bertz CT molecular complexity index is 844. The van der Waals surface area contributed by atoms with Crippen molar-refractivity contribution in [3.63, 3.8) is 0 Å². The molecule has 0 aliphatic carbocycles. The van der Waals surface area contributed by atoms with E-state index in [4.69, 9.17) is 9.90 Å². The molecule has 160 valence electrons. The molecule has 7 nitrogen and oxygen atoms in total. The van der Waals surface area contributed by atoms with Crippen molar-refractivity contribution in [1.82, 2.24) is 10.1 Å². The fraction of sp³-hybridized carbons (Fsp3) is 0.333. The van der Waals surface area contributed by atoms with Gasteiger partial charge in [0.1, 0.15) is 6.26 Å². The minimum atomic E-state index is -5.08. The van der Waals surface area contributed by atoms with Crippen LogP contribution in [0.4, 0.5) is 26.3 Å². The topological polar surface area (TPSA) is 101 Å². The van der Waals surface area contributed by atoms with Crippen molar-refractivity contribution in [3.05, 3.63) is 39.9 Å². The lowest BCUT2D eigenvalue weighted by atomic mass is 10.3. The van der Waals surface area contributed by atoms with Crippen molar-refractivity contribution in [3.8, 4) is 0 Å². The second-order valence-corrected chi connectivity index (χ2v) is 6.34. The first kappa shape index (κ1) is 24.1. The van der Waals surface area contributed by atoms with Crippen LogP contribution in [-0.4, -0.2) is 58.8 Å². The van der Waals surface area contributed by atoms with Gasteiger partial charge in [0.05, 0.1) is 15.4 Å². The predicted molar refractivity (Wildman–Crippen MR) is 85.6 cm³/mol. The Labute approximate surface area is 162 Å². The summed E-state index contributed by atoms with van der Waals surface area (Å²) < 4.78 is 73.4. The number of carbonyl (C=O) groups is 3. The molecule has 2 rings (SSSR count). The zero-order valence-corrected chi connectivity index (χ0v) is 15.2. The first-order chi connectivity index (χ1) is 13.2. The molecule has 2 aromatic heterocycles. The molecular formula is C15H12F6N2O5S. The second-order valence-electron chi connectivity index (χ2n) is 5.26. The number of carboxylic acid groups (broad SMARTS) is 1. The van der Waals surface area contributed by atoms with Crippen LogP contribution >= 0.6 is 11.3 Å². The third-order valence-electron chi connectivity index (χ3n) is 3.08. The number of carboxylic acids is 1. The molecule has 0 saturated carbocycles. The van der Waals surface area contributed by atoms with E-state index in [-0.39, 0.29) is 4.88 Å². The van der Waals surface area contributed by atoms with Crippen LogP contribution in [0.5, 0.6) is 0 Å². The van der Waals surface area contributed by atoms with E-state index in [1.807, 2.05) is 0 Å². The van der Waals surface area contributed by atoms with Crippen molar-refractivity contribution < 1.29 is 50.4 Å². The molecule has 0 fully saturated rings. The summed E-state index contributed by atoms with van der Waals surface area (Å²) in [6.45, 7) is 0.325. The summed E-state index contributed by atoms with van der Waals surface area (Å²) in [4.78, 5) is 33.0. The number of rotatable bonds is 5. The molecule has 0 saturated heterocycles. The van der Waals surface area contributed by atoms with Crippen LogP contribution in [0.25, 0.3) is 0 Å². The number of alkyl halides is 6. The fourth-order valence-corrected chi connectivity index (χ4v) is 2.61. The minimum Gasteiger partial charge on any atom is -0.475 e. The number of ketones is 1. The number of likely N-dealkylation sites (N-methyl/N-ethyl adjacent to an activating group) is 1. The molecule has 0 aromatic carbocycles. The van der Waals surface area contributed by atoms with E-state index in [0.717, 1.165) is 6.07 Å². The number of carbonyl (C=O) groups excluding carboxylic acids is 2. The smallest absolute Gasteiger partial charge is 0.475 e. The molecule has 0 atom stereocenters. The van der Waals surface area contributed by atoms with Gasteiger partial charge >= 0.3 is 18.3 Å². The number of halogens is 6. The van der Waals surface area contributed by atoms with Crippen LogP contribution in [0, 0.1) is 0 Å². The Kier molecular flexibility index (Phi) is 7.94. The van der Waals surface area contributed by atoms with Crippen LogP contribution in [0.15, 0.2) is 29.0 Å². The first-order valence-corrected chi connectivity index (χ1v) is 8.21. The normalized spacial score (nSPS) is 11.4. The van der Waals surface area contributed by atoms with Crippen LogP contribution < -0.4 is 0 Å². The van der Waals surface area contributed by atoms with Crippen molar-refractivity contribution in [2.24, 2.45) is 0 Å². The summed E-state index contributed by atoms with van der Waals surface area (Å²) in [6.07, 6.45) is -8.16. The maximum atomic E-state index is 12.3. The highest BCUT2D eigenvalue weighted by atomic mass is 32.1. The van der Waals surface area contributed by atoms with Crippen LogP contribution in [0.1, 0.15) is 25.0 Å². The molecule has 1 amide bonds. The Morgan fingerprint density at radius 2 is 1.62 bits per heavy atom. The van der Waals surface area contributed by atoms with Gasteiger partial charge in [0.25, 0.3) is 11.7 Å². The van der Waals surface area contributed by atoms with Crippen LogP contribution in [0.3, 0.4) is 0 Å². The number of hydrogen-bond donors (Lipinski definition) is 1. The van der Waals surface area contributed by atoms with E-state index in [9.17, 15) is 35.9 Å². The second kappa shape index (κ2) is 9.54. The van der Waals surface area contributed by atoms with Gasteiger partial charge in [-0.2, -0.15) is 26.3 Å². The number of thiophene rings is 1. The van der Waals surface area contributed by atoms with Gasteiger partial charge in [-0.05, 0) is 12.1 Å². The predicted octanol–water partition coefficient (Wildman–Crippen LogP) is 3.43. The molecule has 0 aliphatic rings. The Balaban J connectivity index is 0.000000516. The van der Waals surface area contributed by atoms with Gasteiger partial charge < -0.3 is 14.5 Å². The van der Waals surface area contributed by atoms with E-state index in [0.29, 0.717) is 30.0 Å². The zero-order chi connectivity index (χ0) is 22.4. The average Bonchev–Trinajstić information content (AvgIpc) is 3.28. The molecule has 14 heteroatoms. The molecule has 0 bridgehead atoms. The molecule has 0 unspecified atom stereocenters. The SMILES string of the molecule is CN(CCc1ccon1)C(=O)c1ccc(C(=O)C(F)(F)F)s1.O=C(O)C(F)(F)F. The van der Waals surface area contributed by atoms with Crippen molar-refractivity contribution in [1.29, 1.82) is 0 Å². The zero-order valence-electron chi connectivity index (χ0n) is 14.4. The lowest BCUT2D eigenvalue weighted by Crippen LogP contribution is -2.28. The maximum Gasteiger partial charge on any atom is 0.490 e. The summed E-state index contributed by atoms with van der Waals surface area (Å²) in [7, 11) is 1.52. The number of aromatic nitrogens is 1. The van der Waals surface area contributed by atoms with E-state index < -0.39 is 34.9 Å². The highest BCUT2D eigenvalue weighted by Gasteiger charge is 2.40. The quantitative estimate of drug-likeness (QED) is 0.558. The highest BCUT2D eigenvalue weighted by molar-refractivity contribution is 7.16. The molecule has 0 spiro atoms. The third kappa shape index (κ3) is 7.56. The Morgan fingerprint density at radius 1 is 1.07 bits per heavy atom. The number of amides is 1. The molecule has 2 heterocycles. The number of hydrogen-bond acceptors (Lipinski definition) is 6. The van der Waals surface area contributed by atoms with Gasteiger partial charge in [-0.1, -0.05) is 5.16 Å². The van der Waals surface area contributed by atoms with Gasteiger partial charge in [0.15, 0.2) is 0 Å². The lowest BCUT2D eigenvalue weighted by Gasteiger charge is -2.15. The molecular weight excluding hydrogens is 434 g/mol.